The van der Waals surface area contributed by atoms with Gasteiger partial charge in [0.1, 0.15) is 5.82 Å². The summed E-state index contributed by atoms with van der Waals surface area (Å²) >= 11 is 0. The second kappa shape index (κ2) is 9.69. The van der Waals surface area contributed by atoms with E-state index < -0.39 is 0 Å². The number of nitrogens with two attached hydrogens (primary N) is 1. The van der Waals surface area contributed by atoms with Crippen molar-refractivity contribution in [2.75, 3.05) is 6.61 Å². The summed E-state index contributed by atoms with van der Waals surface area (Å²) in [4.78, 5) is 16.9. The van der Waals surface area contributed by atoms with E-state index in [0.29, 0.717) is 12.1 Å². The van der Waals surface area contributed by atoms with Crippen LogP contribution in [0.25, 0.3) is 0 Å². The Balaban J connectivity index is 1.51. The van der Waals surface area contributed by atoms with Gasteiger partial charge in [0.25, 0.3) is 5.91 Å². The van der Waals surface area contributed by atoms with Crippen LogP contribution in [0, 0.1) is 19.7 Å². The molecule has 0 bridgehead atoms. The number of amides is 1. The molecule has 3 rings (SSSR count). The highest BCUT2D eigenvalue weighted by Gasteiger charge is 2.06. The van der Waals surface area contributed by atoms with Gasteiger partial charge in [0.05, 0.1) is 12.2 Å². The summed E-state index contributed by atoms with van der Waals surface area (Å²) in [5.74, 6) is -0.497. The lowest BCUT2D eigenvalue weighted by atomic mass is 10.1. The van der Waals surface area contributed by atoms with Crippen LogP contribution in [0.15, 0.2) is 59.8 Å². The Morgan fingerprint density at radius 2 is 1.93 bits per heavy atom. The molecule has 30 heavy (non-hydrogen) atoms. The normalized spacial score (nSPS) is 11.4. The molecule has 0 radical (unpaired) electrons. The van der Waals surface area contributed by atoms with E-state index in [4.69, 9.17) is 10.6 Å². The first kappa shape index (κ1) is 21.0. The van der Waals surface area contributed by atoms with E-state index in [1.807, 2.05) is 48.9 Å². The number of rotatable bonds is 8. The van der Waals surface area contributed by atoms with E-state index in [2.05, 4.69) is 15.6 Å². The van der Waals surface area contributed by atoms with E-state index in [0.717, 1.165) is 22.5 Å². The minimum Gasteiger partial charge on any atom is -0.384 e. The van der Waals surface area contributed by atoms with Crippen LogP contribution in [0.4, 0.5) is 4.39 Å². The number of carbonyl (C=O) groups excluding carboxylic acids is 1. The minimum atomic E-state index is -0.353. The standard InChI is InChI=1S/C22H24FN5O2/c1-15-10-16(2)28(26-15)13-18-4-3-5-19(11-18)22(24)27-30-14-21(29)25-12-17-6-8-20(23)9-7-17/h3-11H,12-14H2,1-2H3,(H2,24,27)(H,25,29). The topological polar surface area (TPSA) is 94.5 Å². The van der Waals surface area contributed by atoms with Gasteiger partial charge in [0, 0.05) is 17.8 Å². The Morgan fingerprint density at radius 1 is 1.17 bits per heavy atom. The van der Waals surface area contributed by atoms with E-state index in [1.165, 1.54) is 12.1 Å². The molecule has 0 aliphatic heterocycles. The van der Waals surface area contributed by atoms with Crippen molar-refractivity contribution in [2.24, 2.45) is 10.9 Å². The fourth-order valence-corrected chi connectivity index (χ4v) is 2.90. The number of benzene rings is 2. The predicted octanol–water partition coefficient (Wildman–Crippen LogP) is 2.64. The van der Waals surface area contributed by atoms with Gasteiger partial charge < -0.3 is 15.9 Å². The number of nitrogens with zero attached hydrogens (tertiary/aromatic N) is 3. The van der Waals surface area contributed by atoms with Crippen molar-refractivity contribution in [3.63, 3.8) is 0 Å². The van der Waals surface area contributed by atoms with Gasteiger partial charge in [0.15, 0.2) is 12.4 Å². The van der Waals surface area contributed by atoms with Gasteiger partial charge in [0.2, 0.25) is 0 Å². The minimum absolute atomic E-state index is 0.177. The Hall–Kier alpha value is -3.68. The lowest BCUT2D eigenvalue weighted by Gasteiger charge is -2.08. The molecule has 0 saturated carbocycles. The molecular weight excluding hydrogens is 385 g/mol. The molecule has 156 valence electrons. The lowest BCUT2D eigenvalue weighted by Crippen LogP contribution is -2.27. The maximum absolute atomic E-state index is 12.9. The number of aryl methyl sites for hydroxylation is 2. The van der Waals surface area contributed by atoms with Gasteiger partial charge in [-0.15, -0.1) is 0 Å². The third kappa shape index (κ3) is 5.91. The zero-order chi connectivity index (χ0) is 21.5. The fourth-order valence-electron chi connectivity index (χ4n) is 2.90. The number of oxime groups is 1. The second-order valence-corrected chi connectivity index (χ2v) is 6.94. The fraction of sp³-hybridized carbons (Fsp3) is 0.227. The van der Waals surface area contributed by atoms with Crippen molar-refractivity contribution < 1.29 is 14.0 Å². The number of hydrogen-bond donors (Lipinski definition) is 2. The molecule has 7 nitrogen and oxygen atoms in total. The van der Waals surface area contributed by atoms with Crippen LogP contribution in [-0.2, 0) is 22.7 Å². The Bertz CT molecular complexity index is 1040. The van der Waals surface area contributed by atoms with Crippen molar-refractivity contribution >= 4 is 11.7 Å². The van der Waals surface area contributed by atoms with Crippen molar-refractivity contribution in [1.82, 2.24) is 15.1 Å². The summed E-state index contributed by atoms with van der Waals surface area (Å²) in [5.41, 5.74) is 10.5. The zero-order valence-corrected chi connectivity index (χ0v) is 16.9. The molecule has 0 unspecified atom stereocenters. The molecule has 1 amide bonds. The van der Waals surface area contributed by atoms with Crippen LogP contribution in [-0.4, -0.2) is 28.1 Å². The molecule has 1 aromatic heterocycles. The van der Waals surface area contributed by atoms with E-state index in [1.54, 1.807) is 12.1 Å². The van der Waals surface area contributed by atoms with Crippen LogP contribution in [0.2, 0.25) is 0 Å². The molecule has 0 spiro atoms. The molecule has 2 aromatic carbocycles. The summed E-state index contributed by atoms with van der Waals surface area (Å²) in [6.07, 6.45) is 0. The van der Waals surface area contributed by atoms with E-state index in [-0.39, 0.29) is 30.7 Å². The van der Waals surface area contributed by atoms with Crippen molar-refractivity contribution in [3.05, 3.63) is 88.5 Å². The maximum Gasteiger partial charge on any atom is 0.261 e. The highest BCUT2D eigenvalue weighted by molar-refractivity contribution is 5.97. The summed E-state index contributed by atoms with van der Waals surface area (Å²) in [6.45, 7) is 4.59. The third-order valence-corrected chi connectivity index (χ3v) is 4.42. The third-order valence-electron chi connectivity index (χ3n) is 4.42. The van der Waals surface area contributed by atoms with Gasteiger partial charge in [-0.3, -0.25) is 9.48 Å². The largest absolute Gasteiger partial charge is 0.384 e. The maximum atomic E-state index is 12.9. The highest BCUT2D eigenvalue weighted by Crippen LogP contribution is 2.10. The van der Waals surface area contributed by atoms with Gasteiger partial charge in [-0.2, -0.15) is 5.10 Å². The molecule has 3 aromatic rings. The average molecular weight is 409 g/mol. The number of carbonyl (C=O) groups is 1. The van der Waals surface area contributed by atoms with Crippen molar-refractivity contribution in [3.8, 4) is 0 Å². The summed E-state index contributed by atoms with van der Waals surface area (Å²) in [6, 6.07) is 15.5. The number of amidine groups is 1. The van der Waals surface area contributed by atoms with Gasteiger partial charge in [-0.05, 0) is 49.2 Å². The zero-order valence-electron chi connectivity index (χ0n) is 16.9. The Kier molecular flexibility index (Phi) is 6.79. The average Bonchev–Trinajstić information content (AvgIpc) is 3.04. The first-order valence-electron chi connectivity index (χ1n) is 9.47. The molecule has 0 aliphatic carbocycles. The molecule has 0 atom stereocenters. The molecule has 8 heteroatoms. The summed E-state index contributed by atoms with van der Waals surface area (Å²) in [5, 5.41) is 11.0. The first-order valence-corrected chi connectivity index (χ1v) is 9.47. The molecule has 0 aliphatic rings. The lowest BCUT2D eigenvalue weighted by molar-refractivity contribution is -0.125. The molecule has 1 heterocycles. The van der Waals surface area contributed by atoms with Crippen molar-refractivity contribution in [1.29, 1.82) is 0 Å². The van der Waals surface area contributed by atoms with Crippen LogP contribution < -0.4 is 11.1 Å². The molecule has 0 fully saturated rings. The number of halogens is 1. The SMILES string of the molecule is Cc1cc(C)n(Cc2cccc(/C(N)=N/OCC(=O)NCc3ccc(F)cc3)c2)n1. The molecule has 0 saturated heterocycles. The van der Waals surface area contributed by atoms with E-state index >= 15 is 0 Å². The molecular formula is C22H24FN5O2. The van der Waals surface area contributed by atoms with Gasteiger partial charge in [-0.25, -0.2) is 4.39 Å². The smallest absolute Gasteiger partial charge is 0.261 e. The number of nitrogens with one attached hydrogen (secondary N) is 1. The van der Waals surface area contributed by atoms with Gasteiger partial charge in [-0.1, -0.05) is 35.5 Å². The first-order chi connectivity index (χ1) is 14.4. The van der Waals surface area contributed by atoms with E-state index in [9.17, 15) is 9.18 Å². The summed E-state index contributed by atoms with van der Waals surface area (Å²) in [7, 11) is 0. The van der Waals surface area contributed by atoms with Crippen molar-refractivity contribution in [2.45, 2.75) is 26.9 Å². The van der Waals surface area contributed by atoms with Gasteiger partial charge >= 0.3 is 0 Å². The Labute approximate surface area is 174 Å². The highest BCUT2D eigenvalue weighted by atomic mass is 19.1. The number of aromatic nitrogens is 2. The van der Waals surface area contributed by atoms with Crippen LogP contribution in [0.3, 0.4) is 0 Å². The van der Waals surface area contributed by atoms with Crippen LogP contribution in [0.5, 0.6) is 0 Å². The second-order valence-electron chi connectivity index (χ2n) is 6.94. The summed E-state index contributed by atoms with van der Waals surface area (Å²) < 4.78 is 14.8. The molecule has 3 N–H and O–H groups in total. The van der Waals surface area contributed by atoms with Crippen LogP contribution in [0.1, 0.15) is 28.1 Å². The number of hydrogen-bond acceptors (Lipinski definition) is 4. The quantitative estimate of drug-likeness (QED) is 0.340. The monoisotopic (exact) mass is 409 g/mol. The predicted molar refractivity (Wildman–Crippen MR) is 112 cm³/mol. The van der Waals surface area contributed by atoms with Crippen LogP contribution >= 0.6 is 0 Å². The Morgan fingerprint density at radius 3 is 2.63 bits per heavy atom.